The summed E-state index contributed by atoms with van der Waals surface area (Å²) < 4.78 is 0. The molecule has 0 aliphatic carbocycles. The maximum Gasteiger partial charge on any atom is 0.0669 e. The number of rotatable bonds is 3. The summed E-state index contributed by atoms with van der Waals surface area (Å²) in [5, 5.41) is 8.96. The summed E-state index contributed by atoms with van der Waals surface area (Å²) in [6, 6.07) is 3.19. The van der Waals surface area contributed by atoms with Gasteiger partial charge in [-0.05, 0) is 25.8 Å². The molecule has 0 spiro atoms. The van der Waals surface area contributed by atoms with Crippen LogP contribution in [0.5, 0.6) is 0 Å². The molecule has 0 aromatic rings. The molecule has 0 saturated carbocycles. The SMILES string of the molecule is CCC(C#N)CN1CCN2CCCC2C1. The average Bonchev–Trinajstić information content (AvgIpc) is 2.73. The van der Waals surface area contributed by atoms with Crippen LogP contribution < -0.4 is 0 Å². The van der Waals surface area contributed by atoms with Gasteiger partial charge in [0.1, 0.15) is 0 Å². The smallest absolute Gasteiger partial charge is 0.0669 e. The van der Waals surface area contributed by atoms with Gasteiger partial charge >= 0.3 is 0 Å². The van der Waals surface area contributed by atoms with Crippen LogP contribution in [-0.4, -0.2) is 48.6 Å². The minimum Gasteiger partial charge on any atom is -0.299 e. The molecule has 2 unspecified atom stereocenters. The first-order valence-electron chi connectivity index (χ1n) is 6.19. The van der Waals surface area contributed by atoms with Crippen LogP contribution in [0.1, 0.15) is 26.2 Å². The van der Waals surface area contributed by atoms with Crippen LogP contribution >= 0.6 is 0 Å². The van der Waals surface area contributed by atoms with Crippen molar-refractivity contribution in [3.05, 3.63) is 0 Å². The third-order valence-electron chi connectivity index (χ3n) is 3.83. The van der Waals surface area contributed by atoms with E-state index in [0.717, 1.165) is 25.6 Å². The molecule has 0 bridgehead atoms. The molecular formula is C12H21N3. The standard InChI is InChI=1S/C12H21N3/c1-2-11(8-13)9-14-6-7-15-5-3-4-12(15)10-14/h11-12H,2-7,9-10H2,1H3. The van der Waals surface area contributed by atoms with Crippen molar-refractivity contribution < 1.29 is 0 Å². The van der Waals surface area contributed by atoms with Gasteiger partial charge in [0.15, 0.2) is 0 Å². The first kappa shape index (κ1) is 10.9. The van der Waals surface area contributed by atoms with E-state index in [9.17, 15) is 0 Å². The van der Waals surface area contributed by atoms with Gasteiger partial charge in [0, 0.05) is 32.2 Å². The Morgan fingerprint density at radius 1 is 1.40 bits per heavy atom. The Hall–Kier alpha value is -0.590. The van der Waals surface area contributed by atoms with E-state index in [0.29, 0.717) is 0 Å². The fourth-order valence-corrected chi connectivity index (χ4v) is 2.79. The Labute approximate surface area is 92.7 Å². The van der Waals surface area contributed by atoms with E-state index in [2.05, 4.69) is 22.8 Å². The molecule has 3 heteroatoms. The van der Waals surface area contributed by atoms with Gasteiger partial charge in [-0.3, -0.25) is 9.80 Å². The summed E-state index contributed by atoms with van der Waals surface area (Å²) in [5.41, 5.74) is 0. The quantitative estimate of drug-likeness (QED) is 0.699. The lowest BCUT2D eigenvalue weighted by Crippen LogP contribution is -2.51. The minimum absolute atomic E-state index is 0.234. The van der Waals surface area contributed by atoms with E-state index in [-0.39, 0.29) is 5.92 Å². The molecule has 2 fully saturated rings. The van der Waals surface area contributed by atoms with Crippen molar-refractivity contribution in [3.63, 3.8) is 0 Å². The van der Waals surface area contributed by atoms with Crippen molar-refractivity contribution in [1.29, 1.82) is 5.26 Å². The minimum atomic E-state index is 0.234. The Morgan fingerprint density at radius 2 is 2.27 bits per heavy atom. The molecule has 15 heavy (non-hydrogen) atoms. The molecule has 0 aromatic carbocycles. The predicted molar refractivity (Wildman–Crippen MR) is 60.4 cm³/mol. The highest BCUT2D eigenvalue weighted by Gasteiger charge is 2.30. The Bertz CT molecular complexity index is 246. The zero-order chi connectivity index (χ0) is 10.7. The highest BCUT2D eigenvalue weighted by molar-refractivity contribution is 4.90. The summed E-state index contributed by atoms with van der Waals surface area (Å²) in [6.45, 7) is 7.96. The fraction of sp³-hybridized carbons (Fsp3) is 0.917. The molecule has 0 radical (unpaired) electrons. The Morgan fingerprint density at radius 3 is 3.00 bits per heavy atom. The first-order chi connectivity index (χ1) is 7.33. The maximum atomic E-state index is 8.96. The van der Waals surface area contributed by atoms with Crippen molar-refractivity contribution in [2.24, 2.45) is 5.92 Å². The van der Waals surface area contributed by atoms with E-state index < -0.39 is 0 Å². The Balaban J connectivity index is 1.82. The Kier molecular flexibility index (Phi) is 3.61. The van der Waals surface area contributed by atoms with Gasteiger partial charge in [0.2, 0.25) is 0 Å². The molecule has 3 nitrogen and oxygen atoms in total. The lowest BCUT2D eigenvalue weighted by molar-refractivity contribution is 0.0970. The van der Waals surface area contributed by atoms with Gasteiger partial charge in [-0.1, -0.05) is 6.92 Å². The number of hydrogen-bond acceptors (Lipinski definition) is 3. The second kappa shape index (κ2) is 4.96. The lowest BCUT2D eigenvalue weighted by Gasteiger charge is -2.38. The van der Waals surface area contributed by atoms with E-state index in [1.54, 1.807) is 0 Å². The molecule has 84 valence electrons. The van der Waals surface area contributed by atoms with E-state index >= 15 is 0 Å². The summed E-state index contributed by atoms with van der Waals surface area (Å²) >= 11 is 0. The summed E-state index contributed by atoms with van der Waals surface area (Å²) in [6.07, 6.45) is 3.72. The number of nitriles is 1. The van der Waals surface area contributed by atoms with Crippen molar-refractivity contribution >= 4 is 0 Å². The molecule has 2 heterocycles. The highest BCUT2D eigenvalue weighted by atomic mass is 15.3. The normalized spacial score (nSPS) is 29.7. The van der Waals surface area contributed by atoms with Crippen LogP contribution in [0.2, 0.25) is 0 Å². The monoisotopic (exact) mass is 207 g/mol. The number of piperazine rings is 1. The van der Waals surface area contributed by atoms with Crippen molar-refractivity contribution in [1.82, 2.24) is 9.80 Å². The van der Waals surface area contributed by atoms with E-state index in [4.69, 9.17) is 5.26 Å². The molecule has 2 aliphatic rings. The van der Waals surface area contributed by atoms with Crippen LogP contribution in [0.3, 0.4) is 0 Å². The lowest BCUT2D eigenvalue weighted by atomic mass is 10.1. The van der Waals surface area contributed by atoms with E-state index in [1.807, 2.05) is 0 Å². The van der Waals surface area contributed by atoms with Crippen LogP contribution in [0.15, 0.2) is 0 Å². The third-order valence-corrected chi connectivity index (χ3v) is 3.83. The average molecular weight is 207 g/mol. The fourth-order valence-electron chi connectivity index (χ4n) is 2.79. The molecular weight excluding hydrogens is 186 g/mol. The van der Waals surface area contributed by atoms with Gasteiger partial charge in [-0.25, -0.2) is 0 Å². The first-order valence-corrected chi connectivity index (χ1v) is 6.19. The van der Waals surface area contributed by atoms with Gasteiger partial charge in [0.25, 0.3) is 0 Å². The molecule has 2 saturated heterocycles. The van der Waals surface area contributed by atoms with Crippen LogP contribution in [-0.2, 0) is 0 Å². The number of nitrogens with zero attached hydrogens (tertiary/aromatic N) is 3. The van der Waals surface area contributed by atoms with E-state index in [1.165, 1.54) is 32.5 Å². The molecule has 0 amide bonds. The highest BCUT2D eigenvalue weighted by Crippen LogP contribution is 2.22. The van der Waals surface area contributed by atoms with Gasteiger partial charge in [-0.15, -0.1) is 0 Å². The zero-order valence-corrected chi connectivity index (χ0v) is 9.65. The molecule has 2 aliphatic heterocycles. The molecule has 2 rings (SSSR count). The summed E-state index contributed by atoms with van der Waals surface area (Å²) in [7, 11) is 0. The molecule has 2 atom stereocenters. The topological polar surface area (TPSA) is 30.3 Å². The van der Waals surface area contributed by atoms with Gasteiger partial charge in [0.05, 0.1) is 12.0 Å². The summed E-state index contributed by atoms with van der Waals surface area (Å²) in [4.78, 5) is 5.10. The van der Waals surface area contributed by atoms with Crippen molar-refractivity contribution in [2.75, 3.05) is 32.7 Å². The second-order valence-electron chi connectivity index (χ2n) is 4.83. The largest absolute Gasteiger partial charge is 0.299 e. The molecule has 0 N–H and O–H groups in total. The van der Waals surface area contributed by atoms with Crippen molar-refractivity contribution in [2.45, 2.75) is 32.2 Å². The second-order valence-corrected chi connectivity index (χ2v) is 4.83. The third kappa shape index (κ3) is 2.50. The van der Waals surface area contributed by atoms with Gasteiger partial charge in [-0.2, -0.15) is 5.26 Å². The van der Waals surface area contributed by atoms with Crippen LogP contribution in [0, 0.1) is 17.2 Å². The number of hydrogen-bond donors (Lipinski definition) is 0. The van der Waals surface area contributed by atoms with Crippen LogP contribution in [0.25, 0.3) is 0 Å². The molecule has 0 aromatic heterocycles. The number of fused-ring (bicyclic) bond motifs is 1. The summed E-state index contributed by atoms with van der Waals surface area (Å²) in [5.74, 6) is 0.234. The van der Waals surface area contributed by atoms with Gasteiger partial charge < -0.3 is 0 Å². The van der Waals surface area contributed by atoms with Crippen LogP contribution in [0.4, 0.5) is 0 Å². The zero-order valence-electron chi connectivity index (χ0n) is 9.65. The predicted octanol–water partition coefficient (Wildman–Crippen LogP) is 1.32. The maximum absolute atomic E-state index is 8.96. The van der Waals surface area contributed by atoms with Crippen molar-refractivity contribution in [3.8, 4) is 6.07 Å².